The second-order valence-corrected chi connectivity index (χ2v) is 15.5. The van der Waals surface area contributed by atoms with E-state index in [1.165, 1.54) is 24.3 Å². The first-order chi connectivity index (χ1) is 29.1. The lowest BCUT2D eigenvalue weighted by Gasteiger charge is -2.13. The third-order valence-electron chi connectivity index (χ3n) is 11.8. The van der Waals surface area contributed by atoms with Crippen molar-refractivity contribution in [2.24, 2.45) is 0 Å². The van der Waals surface area contributed by atoms with Crippen LogP contribution in [0.2, 0.25) is 0 Å². The Bertz CT molecular complexity index is 3920. The van der Waals surface area contributed by atoms with E-state index in [0.717, 1.165) is 47.1 Å². The van der Waals surface area contributed by atoms with Gasteiger partial charge in [-0.2, -0.15) is 0 Å². The van der Waals surface area contributed by atoms with Gasteiger partial charge >= 0.3 is 11.3 Å². The van der Waals surface area contributed by atoms with Gasteiger partial charge in [0.05, 0.1) is 60.2 Å². The van der Waals surface area contributed by atoms with Crippen LogP contribution in [0, 0.1) is 27.7 Å². The number of rotatable bonds is 5. The van der Waals surface area contributed by atoms with Crippen molar-refractivity contribution < 1.29 is 4.42 Å². The zero-order chi connectivity index (χ0) is 42.9. The molecule has 0 aliphatic carbocycles. The number of furan rings is 1. The first-order valence-electron chi connectivity index (χ1n) is 19.1. The molecule has 0 unspecified atom stereocenters. The predicted molar refractivity (Wildman–Crippen MR) is 236 cm³/mol. The normalized spacial score (nSPS) is 11.9. The average molecular weight is 807 g/mol. The standard InChI is InChI=1S/C48H30N4O9/c1-21-13-25(49)5-9-29(21)30-10-6-26(14-22(30)2)50-41(53)33-17-35-36(18-34(33)42(50)54)44(56)51(43(35)55)27-7-11-31(23(3)15-27)32-12-8-28(16-24(32)4)52-45(57)37-19-39-40(20-38(37)46(52)58)48(60)61-47(39)59/h5-20H,49H2,1-4H3. The molecule has 4 heterocycles. The highest BCUT2D eigenvalue weighted by Crippen LogP contribution is 2.31. The molecule has 0 spiro atoms. The van der Waals surface area contributed by atoms with Gasteiger partial charge in [-0.1, -0.05) is 24.3 Å². The minimum atomic E-state index is -0.881. The monoisotopic (exact) mass is 806 g/mol. The molecule has 296 valence electrons. The highest BCUT2D eigenvalue weighted by molar-refractivity contribution is 5.99. The van der Waals surface area contributed by atoms with Gasteiger partial charge in [-0.05, 0) is 145 Å². The number of nitrogens with two attached hydrogens (primary N) is 1. The molecule has 0 atom stereocenters. The van der Waals surface area contributed by atoms with Gasteiger partial charge < -0.3 is 10.2 Å². The van der Waals surface area contributed by atoms with Crippen molar-refractivity contribution >= 4 is 48.8 Å². The lowest BCUT2D eigenvalue weighted by Crippen LogP contribution is -2.24. The summed E-state index contributed by atoms with van der Waals surface area (Å²) in [6.45, 7) is 7.46. The van der Waals surface area contributed by atoms with Gasteiger partial charge in [0.25, 0.3) is 33.4 Å². The van der Waals surface area contributed by atoms with Crippen LogP contribution in [0.15, 0.2) is 140 Å². The Balaban J connectivity index is 1.00. The summed E-state index contributed by atoms with van der Waals surface area (Å²) >= 11 is 0. The molecular formula is C48H30N4O9. The molecule has 61 heavy (non-hydrogen) atoms. The third-order valence-corrected chi connectivity index (χ3v) is 11.8. The number of anilines is 1. The number of benzene rings is 6. The van der Waals surface area contributed by atoms with Crippen molar-refractivity contribution in [1.82, 2.24) is 13.7 Å². The molecule has 10 aromatic rings. The van der Waals surface area contributed by atoms with Gasteiger partial charge in [0.15, 0.2) is 0 Å². The van der Waals surface area contributed by atoms with Crippen LogP contribution in [0.1, 0.15) is 22.3 Å². The highest BCUT2D eigenvalue weighted by atomic mass is 16.4. The fraction of sp³-hybridized carbons (Fsp3) is 0.0833. The van der Waals surface area contributed by atoms with Crippen molar-refractivity contribution in [1.29, 1.82) is 0 Å². The van der Waals surface area contributed by atoms with Crippen LogP contribution >= 0.6 is 0 Å². The van der Waals surface area contributed by atoms with Gasteiger partial charge in [-0.3, -0.25) is 28.8 Å². The molecular weight excluding hydrogens is 777 g/mol. The molecule has 2 N–H and O–H groups in total. The zero-order valence-corrected chi connectivity index (χ0v) is 32.8. The first-order valence-corrected chi connectivity index (χ1v) is 19.1. The fourth-order valence-electron chi connectivity index (χ4n) is 8.75. The smallest absolute Gasteiger partial charge is 0.346 e. The van der Waals surface area contributed by atoms with Crippen molar-refractivity contribution in [3.63, 3.8) is 0 Å². The van der Waals surface area contributed by atoms with Crippen molar-refractivity contribution in [3.05, 3.63) is 202 Å². The average Bonchev–Trinajstić information content (AvgIpc) is 3.83. The van der Waals surface area contributed by atoms with E-state index in [9.17, 15) is 38.4 Å². The summed E-state index contributed by atoms with van der Waals surface area (Å²) in [4.78, 5) is 106. The van der Waals surface area contributed by atoms with E-state index in [-0.39, 0.29) is 54.5 Å². The molecule has 0 aliphatic rings. The van der Waals surface area contributed by atoms with Crippen LogP contribution < -0.4 is 50.3 Å². The van der Waals surface area contributed by atoms with Gasteiger partial charge in [-0.25, -0.2) is 23.3 Å². The molecule has 13 heteroatoms. The van der Waals surface area contributed by atoms with Gasteiger partial charge in [0.1, 0.15) is 0 Å². The summed E-state index contributed by atoms with van der Waals surface area (Å²) in [5, 5.41) is -0.0937. The SMILES string of the molecule is Cc1cc(N)ccc1-c1ccc(-n2c(=O)c3cc4c(=O)n(-c5ccc(-c6ccc(-n7c(=O)c8cc9c(=O)oc(=O)c9cc8c7=O)cc6C)c(C)c5)c(=O)c4cc3c2=O)cc1C. The van der Waals surface area contributed by atoms with E-state index in [1.807, 2.05) is 45.0 Å². The summed E-state index contributed by atoms with van der Waals surface area (Å²) in [6, 6.07) is 26.1. The largest absolute Gasteiger partial charge is 0.399 e. The summed E-state index contributed by atoms with van der Waals surface area (Å²) in [5.74, 6) is 0. The van der Waals surface area contributed by atoms with E-state index >= 15 is 0 Å². The second-order valence-electron chi connectivity index (χ2n) is 15.5. The van der Waals surface area contributed by atoms with Gasteiger partial charge in [0, 0.05) is 5.69 Å². The number of aryl methyl sites for hydroxylation is 4. The number of hydrogen-bond acceptors (Lipinski definition) is 10. The molecule has 0 amide bonds. The molecule has 13 nitrogen and oxygen atoms in total. The number of fused-ring (bicyclic) bond motifs is 4. The summed E-state index contributed by atoms with van der Waals surface area (Å²) in [7, 11) is 0. The predicted octanol–water partition coefficient (Wildman–Crippen LogP) is 5.05. The van der Waals surface area contributed by atoms with E-state index in [0.29, 0.717) is 22.5 Å². The minimum Gasteiger partial charge on any atom is -0.399 e. The maximum Gasteiger partial charge on any atom is 0.346 e. The molecule has 0 bridgehead atoms. The lowest BCUT2D eigenvalue weighted by atomic mass is 9.95. The summed E-state index contributed by atoms with van der Waals surface area (Å²) < 4.78 is 7.68. The number of nitrogens with zero attached hydrogens (tertiary/aromatic N) is 3. The van der Waals surface area contributed by atoms with Crippen molar-refractivity contribution in [2.45, 2.75) is 27.7 Å². The Morgan fingerprint density at radius 1 is 0.344 bits per heavy atom. The fourth-order valence-corrected chi connectivity index (χ4v) is 8.75. The van der Waals surface area contributed by atoms with Crippen LogP contribution in [0.3, 0.4) is 0 Å². The summed E-state index contributed by atoms with van der Waals surface area (Å²) in [5.41, 5.74) is 8.59. The Hall–Kier alpha value is -8.32. The zero-order valence-electron chi connectivity index (χ0n) is 32.8. The molecule has 4 aromatic heterocycles. The molecule has 0 aliphatic heterocycles. The quantitative estimate of drug-likeness (QED) is 0.231. The number of nitrogen functional groups attached to an aromatic ring is 1. The molecule has 0 radical (unpaired) electrons. The Morgan fingerprint density at radius 3 is 0.885 bits per heavy atom. The van der Waals surface area contributed by atoms with E-state index in [1.54, 1.807) is 55.5 Å². The summed E-state index contributed by atoms with van der Waals surface area (Å²) in [6.07, 6.45) is 0. The molecule has 6 aromatic carbocycles. The van der Waals surface area contributed by atoms with Crippen LogP contribution in [0.25, 0.3) is 82.4 Å². The second kappa shape index (κ2) is 12.8. The van der Waals surface area contributed by atoms with Crippen LogP contribution in [0.4, 0.5) is 5.69 Å². The topological polar surface area (TPSA) is 191 Å². The van der Waals surface area contributed by atoms with Crippen molar-refractivity contribution in [2.75, 3.05) is 5.73 Å². The Kier molecular flexibility index (Phi) is 7.78. The van der Waals surface area contributed by atoms with Gasteiger partial charge in [0.2, 0.25) is 0 Å². The van der Waals surface area contributed by atoms with E-state index in [2.05, 4.69) is 4.42 Å². The minimum absolute atomic E-state index is 0.00886. The molecule has 0 saturated carbocycles. The van der Waals surface area contributed by atoms with Crippen LogP contribution in [0.5, 0.6) is 0 Å². The third kappa shape index (κ3) is 5.26. The molecule has 10 rings (SSSR count). The number of aromatic nitrogens is 3. The maximum atomic E-state index is 13.9. The van der Waals surface area contributed by atoms with Gasteiger partial charge in [-0.15, -0.1) is 0 Å². The Morgan fingerprint density at radius 2 is 0.607 bits per heavy atom. The van der Waals surface area contributed by atoms with E-state index in [4.69, 9.17) is 5.73 Å². The van der Waals surface area contributed by atoms with Crippen LogP contribution in [-0.4, -0.2) is 13.7 Å². The maximum absolute atomic E-state index is 13.9. The first kappa shape index (κ1) is 37.0. The molecule has 0 fully saturated rings. The highest BCUT2D eigenvalue weighted by Gasteiger charge is 2.23. The molecule has 0 saturated heterocycles. The van der Waals surface area contributed by atoms with Crippen molar-refractivity contribution in [3.8, 4) is 39.3 Å². The Labute approximate surface area is 341 Å². The lowest BCUT2D eigenvalue weighted by molar-refractivity contribution is 0.500. The number of hydrogen-bond donors (Lipinski definition) is 1. The van der Waals surface area contributed by atoms with Crippen LogP contribution in [-0.2, 0) is 0 Å². The van der Waals surface area contributed by atoms with E-state index < -0.39 is 44.6 Å².